The number of rotatable bonds is 8. The van der Waals surface area contributed by atoms with Crippen molar-refractivity contribution in [1.82, 2.24) is 5.32 Å². The first-order valence-electron chi connectivity index (χ1n) is 6.74. The predicted molar refractivity (Wildman–Crippen MR) is 83.4 cm³/mol. The minimum absolute atomic E-state index is 0.643. The molecular weight excluding hydrogens is 270 g/mol. The molecule has 0 radical (unpaired) electrons. The van der Waals surface area contributed by atoms with E-state index in [1.807, 2.05) is 35.6 Å². The Hall–Kier alpha value is -1.36. The zero-order chi connectivity index (χ0) is 14.2. The third-order valence-corrected chi connectivity index (χ3v) is 3.95. The lowest BCUT2D eigenvalue weighted by molar-refractivity contribution is 0.122. The quantitative estimate of drug-likeness (QED) is 0.756. The Labute approximate surface area is 124 Å². The molecule has 0 fully saturated rings. The summed E-state index contributed by atoms with van der Waals surface area (Å²) in [5.41, 5.74) is 1.17. The van der Waals surface area contributed by atoms with E-state index >= 15 is 0 Å². The van der Waals surface area contributed by atoms with Crippen molar-refractivity contribution in [3.63, 3.8) is 0 Å². The number of hydrogen-bond donors (Lipinski definition) is 1. The van der Waals surface area contributed by atoms with Gasteiger partial charge in [-0.3, -0.25) is 0 Å². The van der Waals surface area contributed by atoms with E-state index in [4.69, 9.17) is 9.47 Å². The first-order valence-corrected chi connectivity index (χ1v) is 7.56. The summed E-state index contributed by atoms with van der Waals surface area (Å²) in [6, 6.07) is 12.3. The topological polar surface area (TPSA) is 30.5 Å². The van der Waals surface area contributed by atoms with Crippen molar-refractivity contribution in [2.75, 3.05) is 20.3 Å². The zero-order valence-corrected chi connectivity index (χ0v) is 12.8. The van der Waals surface area contributed by atoms with Crippen molar-refractivity contribution in [3.05, 3.63) is 51.7 Å². The van der Waals surface area contributed by atoms with E-state index in [1.54, 1.807) is 7.11 Å². The van der Waals surface area contributed by atoms with E-state index in [0.29, 0.717) is 6.61 Å². The van der Waals surface area contributed by atoms with Gasteiger partial charge in [-0.25, -0.2) is 0 Å². The summed E-state index contributed by atoms with van der Waals surface area (Å²) in [5.74, 6) is 0.877. The number of methoxy groups -OCH3 is 1. The van der Waals surface area contributed by atoms with Crippen LogP contribution in [0.2, 0.25) is 0 Å². The fourth-order valence-corrected chi connectivity index (χ4v) is 2.71. The molecule has 0 amide bonds. The Bertz CT molecular complexity index is 507. The molecule has 0 saturated carbocycles. The van der Waals surface area contributed by atoms with E-state index in [9.17, 15) is 0 Å². The average molecular weight is 291 g/mol. The van der Waals surface area contributed by atoms with Crippen molar-refractivity contribution < 1.29 is 9.47 Å². The lowest BCUT2D eigenvalue weighted by atomic mass is 10.2. The van der Waals surface area contributed by atoms with Crippen LogP contribution in [-0.4, -0.2) is 20.3 Å². The molecule has 1 aromatic carbocycles. The molecule has 0 atom stereocenters. The van der Waals surface area contributed by atoms with Gasteiger partial charge in [0.15, 0.2) is 0 Å². The Balaban J connectivity index is 1.57. The van der Waals surface area contributed by atoms with Crippen molar-refractivity contribution in [2.45, 2.75) is 20.1 Å². The fourth-order valence-electron chi connectivity index (χ4n) is 1.85. The second-order valence-corrected chi connectivity index (χ2v) is 5.96. The van der Waals surface area contributed by atoms with Crippen LogP contribution in [-0.2, 0) is 17.9 Å². The number of aryl methyl sites for hydroxylation is 1. The SMILES string of the molecule is COc1ccc(COCCNCc2ccc(C)s2)cc1. The Morgan fingerprint density at radius 1 is 1.10 bits per heavy atom. The van der Waals surface area contributed by atoms with E-state index in [1.165, 1.54) is 15.3 Å². The average Bonchev–Trinajstić information content (AvgIpc) is 2.89. The molecule has 2 rings (SSSR count). The number of thiophene rings is 1. The molecular formula is C16H21NO2S. The van der Waals surface area contributed by atoms with Crippen LogP contribution in [0.15, 0.2) is 36.4 Å². The van der Waals surface area contributed by atoms with Gasteiger partial charge in [-0.1, -0.05) is 12.1 Å². The highest BCUT2D eigenvalue weighted by Gasteiger charge is 1.97. The molecule has 0 aliphatic heterocycles. The summed E-state index contributed by atoms with van der Waals surface area (Å²) in [6.07, 6.45) is 0. The predicted octanol–water partition coefficient (Wildman–Crippen LogP) is 3.37. The normalized spacial score (nSPS) is 10.7. The van der Waals surface area contributed by atoms with Gasteiger partial charge in [-0.15, -0.1) is 11.3 Å². The van der Waals surface area contributed by atoms with Gasteiger partial charge in [0.1, 0.15) is 5.75 Å². The second-order valence-electron chi connectivity index (χ2n) is 4.59. The van der Waals surface area contributed by atoms with Crippen LogP contribution in [0.1, 0.15) is 15.3 Å². The van der Waals surface area contributed by atoms with Crippen LogP contribution < -0.4 is 10.1 Å². The van der Waals surface area contributed by atoms with Crippen LogP contribution in [0.5, 0.6) is 5.75 Å². The highest BCUT2D eigenvalue weighted by Crippen LogP contribution is 2.14. The maximum Gasteiger partial charge on any atom is 0.118 e. The van der Waals surface area contributed by atoms with Gasteiger partial charge in [-0.2, -0.15) is 0 Å². The Morgan fingerprint density at radius 3 is 2.55 bits per heavy atom. The Kier molecular flexibility index (Phi) is 6.05. The van der Waals surface area contributed by atoms with Gasteiger partial charge in [0.2, 0.25) is 0 Å². The second kappa shape index (κ2) is 8.04. The largest absolute Gasteiger partial charge is 0.497 e. The van der Waals surface area contributed by atoms with Crippen molar-refractivity contribution in [2.24, 2.45) is 0 Å². The summed E-state index contributed by atoms with van der Waals surface area (Å²) in [6.45, 7) is 5.28. The number of hydrogen-bond acceptors (Lipinski definition) is 4. The first kappa shape index (κ1) is 15.0. The summed E-state index contributed by atoms with van der Waals surface area (Å²) >= 11 is 1.84. The van der Waals surface area contributed by atoms with Gasteiger partial charge >= 0.3 is 0 Å². The van der Waals surface area contributed by atoms with E-state index in [-0.39, 0.29) is 0 Å². The molecule has 0 saturated heterocycles. The van der Waals surface area contributed by atoms with Crippen LogP contribution in [0.3, 0.4) is 0 Å². The van der Waals surface area contributed by atoms with Crippen LogP contribution in [0, 0.1) is 6.92 Å². The molecule has 0 aliphatic rings. The molecule has 1 heterocycles. The summed E-state index contributed by atoms with van der Waals surface area (Å²) in [7, 11) is 1.67. The third-order valence-electron chi connectivity index (χ3n) is 2.95. The number of nitrogens with one attached hydrogen (secondary N) is 1. The number of ether oxygens (including phenoxy) is 2. The van der Waals surface area contributed by atoms with E-state index in [0.717, 1.165) is 25.4 Å². The lowest BCUT2D eigenvalue weighted by Gasteiger charge is -2.06. The molecule has 0 unspecified atom stereocenters. The standard InChI is InChI=1S/C16H21NO2S/c1-13-3-8-16(20-13)11-17-9-10-19-12-14-4-6-15(18-2)7-5-14/h3-8,17H,9-12H2,1-2H3. The van der Waals surface area contributed by atoms with Gasteiger partial charge < -0.3 is 14.8 Å². The first-order chi connectivity index (χ1) is 9.78. The molecule has 0 bridgehead atoms. The van der Waals surface area contributed by atoms with Gasteiger partial charge in [0.05, 0.1) is 20.3 Å². The highest BCUT2D eigenvalue weighted by atomic mass is 32.1. The number of benzene rings is 1. The van der Waals surface area contributed by atoms with Gasteiger partial charge in [0.25, 0.3) is 0 Å². The summed E-state index contributed by atoms with van der Waals surface area (Å²) < 4.78 is 10.8. The third kappa shape index (κ3) is 4.96. The molecule has 3 nitrogen and oxygen atoms in total. The maximum absolute atomic E-state index is 5.64. The molecule has 20 heavy (non-hydrogen) atoms. The van der Waals surface area contributed by atoms with Crippen molar-refractivity contribution in [3.8, 4) is 5.75 Å². The van der Waals surface area contributed by atoms with Crippen LogP contribution in [0.4, 0.5) is 0 Å². The minimum atomic E-state index is 0.643. The molecule has 4 heteroatoms. The van der Waals surface area contributed by atoms with E-state index in [2.05, 4.69) is 24.4 Å². The van der Waals surface area contributed by atoms with Crippen molar-refractivity contribution in [1.29, 1.82) is 0 Å². The zero-order valence-electron chi connectivity index (χ0n) is 12.0. The molecule has 1 N–H and O–H groups in total. The smallest absolute Gasteiger partial charge is 0.118 e. The van der Waals surface area contributed by atoms with E-state index < -0.39 is 0 Å². The van der Waals surface area contributed by atoms with Crippen LogP contribution >= 0.6 is 11.3 Å². The highest BCUT2D eigenvalue weighted by molar-refractivity contribution is 7.11. The monoisotopic (exact) mass is 291 g/mol. The molecule has 108 valence electrons. The minimum Gasteiger partial charge on any atom is -0.497 e. The fraction of sp³-hybridized carbons (Fsp3) is 0.375. The Morgan fingerprint density at radius 2 is 1.90 bits per heavy atom. The summed E-state index contributed by atoms with van der Waals surface area (Å²) in [4.78, 5) is 2.73. The molecule has 0 spiro atoms. The summed E-state index contributed by atoms with van der Waals surface area (Å²) in [5, 5.41) is 3.38. The van der Waals surface area contributed by atoms with Crippen molar-refractivity contribution >= 4 is 11.3 Å². The molecule has 0 aliphatic carbocycles. The van der Waals surface area contributed by atoms with Gasteiger partial charge in [-0.05, 0) is 36.8 Å². The molecule has 2 aromatic rings. The van der Waals surface area contributed by atoms with Crippen LogP contribution in [0.25, 0.3) is 0 Å². The van der Waals surface area contributed by atoms with Gasteiger partial charge in [0, 0.05) is 22.8 Å². The molecule has 1 aromatic heterocycles. The maximum atomic E-state index is 5.64. The lowest BCUT2D eigenvalue weighted by Crippen LogP contribution is -2.18.